The molecule has 2 aromatic carbocycles. The molecule has 0 spiro atoms. The first-order valence-corrected chi connectivity index (χ1v) is 9.43. The second kappa shape index (κ2) is 8.71. The lowest BCUT2D eigenvalue weighted by Crippen LogP contribution is -2.36. The molecule has 0 bridgehead atoms. The van der Waals surface area contributed by atoms with Gasteiger partial charge in [0, 0.05) is 6.54 Å². The van der Waals surface area contributed by atoms with Crippen molar-refractivity contribution in [1.82, 2.24) is 5.32 Å². The zero-order valence-electron chi connectivity index (χ0n) is 15.5. The normalized spacial score (nSPS) is 15.1. The molecule has 27 heavy (non-hydrogen) atoms. The van der Waals surface area contributed by atoms with Crippen molar-refractivity contribution in [3.05, 3.63) is 53.6 Å². The number of hydrogen-bond donors (Lipinski definition) is 2. The Labute approximate surface area is 159 Å². The largest absolute Gasteiger partial charge is 0.507 e. The van der Waals surface area contributed by atoms with Gasteiger partial charge in [0.2, 0.25) is 0 Å². The van der Waals surface area contributed by atoms with Crippen LogP contribution in [0.1, 0.15) is 49.4 Å². The Morgan fingerprint density at radius 1 is 1.19 bits per heavy atom. The summed E-state index contributed by atoms with van der Waals surface area (Å²) in [6.07, 6.45) is 6.82. The Morgan fingerprint density at radius 3 is 2.63 bits per heavy atom. The summed E-state index contributed by atoms with van der Waals surface area (Å²) in [7, 11) is 0. The van der Waals surface area contributed by atoms with E-state index in [0.29, 0.717) is 6.54 Å². The van der Waals surface area contributed by atoms with Crippen LogP contribution in [0.5, 0.6) is 5.75 Å². The molecular weight excluding hydrogens is 342 g/mol. The topological polar surface area (TPSA) is 75.6 Å². The highest BCUT2D eigenvalue weighted by Gasteiger charge is 2.21. The standard InChI is InChI=1S/C22H25NO4/c1-15(21(25)23-12-11-16-7-3-2-4-8-16)27-22(26)19-13-17-9-5-6-10-18(17)14-20(19)24/h5-7,9-10,13-15,24H,2-4,8,11-12H2,1H3,(H,23,25)/t15-/m0/s1. The molecule has 0 aromatic heterocycles. The summed E-state index contributed by atoms with van der Waals surface area (Å²) in [5.41, 5.74) is 1.44. The Hall–Kier alpha value is -2.82. The molecule has 2 N–H and O–H groups in total. The summed E-state index contributed by atoms with van der Waals surface area (Å²) in [6, 6.07) is 10.5. The molecule has 1 amide bonds. The van der Waals surface area contributed by atoms with Crippen LogP contribution in [0.2, 0.25) is 0 Å². The number of hydrogen-bond acceptors (Lipinski definition) is 4. The van der Waals surface area contributed by atoms with Gasteiger partial charge in [-0.1, -0.05) is 35.9 Å². The molecule has 0 unspecified atom stereocenters. The number of allylic oxidation sites excluding steroid dienone is 1. The van der Waals surface area contributed by atoms with Crippen LogP contribution >= 0.6 is 0 Å². The summed E-state index contributed by atoms with van der Waals surface area (Å²) >= 11 is 0. The first-order valence-electron chi connectivity index (χ1n) is 9.43. The maximum Gasteiger partial charge on any atom is 0.342 e. The van der Waals surface area contributed by atoms with Gasteiger partial charge in [0.25, 0.3) is 5.91 Å². The number of esters is 1. The molecule has 0 fully saturated rings. The molecule has 1 atom stereocenters. The molecule has 5 heteroatoms. The monoisotopic (exact) mass is 367 g/mol. The average Bonchev–Trinajstić information content (AvgIpc) is 2.68. The molecule has 0 radical (unpaired) electrons. The van der Waals surface area contributed by atoms with E-state index in [1.165, 1.54) is 31.4 Å². The number of phenols is 1. The number of nitrogens with one attached hydrogen (secondary N) is 1. The van der Waals surface area contributed by atoms with Crippen molar-refractivity contribution in [2.75, 3.05) is 6.54 Å². The summed E-state index contributed by atoms with van der Waals surface area (Å²) in [6.45, 7) is 2.07. The van der Waals surface area contributed by atoms with Crippen LogP contribution in [-0.4, -0.2) is 29.6 Å². The Balaban J connectivity index is 1.55. The predicted molar refractivity (Wildman–Crippen MR) is 105 cm³/mol. The van der Waals surface area contributed by atoms with Crippen LogP contribution in [0.3, 0.4) is 0 Å². The van der Waals surface area contributed by atoms with Gasteiger partial charge < -0.3 is 15.2 Å². The number of benzene rings is 2. The number of rotatable bonds is 6. The minimum Gasteiger partial charge on any atom is -0.507 e. The molecule has 3 rings (SSSR count). The average molecular weight is 367 g/mol. The van der Waals surface area contributed by atoms with Gasteiger partial charge >= 0.3 is 5.97 Å². The van der Waals surface area contributed by atoms with Gasteiger partial charge in [0.05, 0.1) is 0 Å². The zero-order chi connectivity index (χ0) is 19.2. The van der Waals surface area contributed by atoms with Crippen LogP contribution in [0.4, 0.5) is 0 Å². The number of aromatic hydroxyl groups is 1. The fourth-order valence-corrected chi connectivity index (χ4v) is 3.29. The third kappa shape index (κ3) is 4.88. The van der Waals surface area contributed by atoms with E-state index in [1.807, 2.05) is 24.3 Å². The van der Waals surface area contributed by atoms with Gasteiger partial charge in [0.1, 0.15) is 11.3 Å². The summed E-state index contributed by atoms with van der Waals surface area (Å²) in [4.78, 5) is 24.6. The number of fused-ring (bicyclic) bond motifs is 1. The third-order valence-corrected chi connectivity index (χ3v) is 4.87. The number of carbonyl (C=O) groups excluding carboxylic acids is 2. The molecule has 0 aliphatic heterocycles. The predicted octanol–water partition coefficient (Wildman–Crippen LogP) is 4.10. The number of carbonyl (C=O) groups is 2. The molecule has 5 nitrogen and oxygen atoms in total. The Morgan fingerprint density at radius 2 is 1.93 bits per heavy atom. The van der Waals surface area contributed by atoms with Crippen LogP contribution < -0.4 is 5.32 Å². The SMILES string of the molecule is C[C@H](OC(=O)c1cc2ccccc2cc1O)C(=O)NCCC1=CCCCC1. The third-order valence-electron chi connectivity index (χ3n) is 4.87. The summed E-state index contributed by atoms with van der Waals surface area (Å²) in [5, 5.41) is 14.6. The maximum atomic E-state index is 12.4. The van der Waals surface area contributed by atoms with E-state index in [-0.39, 0.29) is 17.2 Å². The van der Waals surface area contributed by atoms with Gasteiger partial charge in [-0.2, -0.15) is 0 Å². The van der Waals surface area contributed by atoms with Crippen molar-refractivity contribution < 1.29 is 19.4 Å². The van der Waals surface area contributed by atoms with Crippen molar-refractivity contribution in [2.45, 2.75) is 45.1 Å². The minimum absolute atomic E-state index is 0.0562. The molecule has 0 saturated heterocycles. The lowest BCUT2D eigenvalue weighted by molar-refractivity contribution is -0.129. The molecule has 142 valence electrons. The van der Waals surface area contributed by atoms with E-state index in [2.05, 4.69) is 11.4 Å². The summed E-state index contributed by atoms with van der Waals surface area (Å²) < 4.78 is 5.24. The van der Waals surface area contributed by atoms with E-state index in [4.69, 9.17) is 4.74 Å². The Kier molecular flexibility index (Phi) is 6.12. The van der Waals surface area contributed by atoms with E-state index in [1.54, 1.807) is 6.07 Å². The van der Waals surface area contributed by atoms with Crippen LogP contribution in [0.25, 0.3) is 10.8 Å². The first kappa shape index (κ1) is 19.0. The van der Waals surface area contributed by atoms with Crippen molar-refractivity contribution in [3.63, 3.8) is 0 Å². The Bertz CT molecular complexity index is 872. The fourth-order valence-electron chi connectivity index (χ4n) is 3.29. The molecule has 0 saturated carbocycles. The second-order valence-corrected chi connectivity index (χ2v) is 6.91. The quantitative estimate of drug-likeness (QED) is 0.595. The van der Waals surface area contributed by atoms with Gasteiger partial charge in [-0.15, -0.1) is 0 Å². The lowest BCUT2D eigenvalue weighted by Gasteiger charge is -2.16. The highest BCUT2D eigenvalue weighted by Crippen LogP contribution is 2.26. The smallest absolute Gasteiger partial charge is 0.342 e. The zero-order valence-corrected chi connectivity index (χ0v) is 15.5. The fraction of sp³-hybridized carbons (Fsp3) is 0.364. The molecule has 0 heterocycles. The van der Waals surface area contributed by atoms with Gasteiger partial charge in [-0.25, -0.2) is 4.79 Å². The van der Waals surface area contributed by atoms with E-state index in [9.17, 15) is 14.7 Å². The van der Waals surface area contributed by atoms with Crippen molar-refractivity contribution >= 4 is 22.6 Å². The van der Waals surface area contributed by atoms with Crippen molar-refractivity contribution in [2.24, 2.45) is 0 Å². The van der Waals surface area contributed by atoms with Gasteiger partial charge in [-0.3, -0.25) is 4.79 Å². The van der Waals surface area contributed by atoms with Gasteiger partial charge in [-0.05, 0) is 61.9 Å². The van der Waals surface area contributed by atoms with Crippen molar-refractivity contribution in [3.8, 4) is 5.75 Å². The molecular formula is C22H25NO4. The highest BCUT2D eigenvalue weighted by atomic mass is 16.5. The van der Waals surface area contributed by atoms with Crippen molar-refractivity contribution in [1.29, 1.82) is 0 Å². The minimum atomic E-state index is -0.927. The maximum absolute atomic E-state index is 12.4. The van der Waals surface area contributed by atoms with E-state index >= 15 is 0 Å². The molecule has 2 aromatic rings. The van der Waals surface area contributed by atoms with E-state index < -0.39 is 12.1 Å². The highest BCUT2D eigenvalue weighted by molar-refractivity contribution is 5.99. The lowest BCUT2D eigenvalue weighted by atomic mass is 9.97. The first-order chi connectivity index (χ1) is 13.0. The summed E-state index contributed by atoms with van der Waals surface area (Å²) in [5.74, 6) is -1.20. The number of amides is 1. The van der Waals surface area contributed by atoms with Crippen LogP contribution in [-0.2, 0) is 9.53 Å². The van der Waals surface area contributed by atoms with Crippen LogP contribution in [0.15, 0.2) is 48.0 Å². The molecule has 1 aliphatic carbocycles. The van der Waals surface area contributed by atoms with E-state index in [0.717, 1.165) is 30.0 Å². The number of ether oxygens (including phenoxy) is 1. The van der Waals surface area contributed by atoms with Crippen LogP contribution in [0, 0.1) is 0 Å². The molecule has 1 aliphatic rings. The number of phenolic OH excluding ortho intramolecular Hbond substituents is 1. The van der Waals surface area contributed by atoms with Gasteiger partial charge in [0.15, 0.2) is 6.10 Å². The second-order valence-electron chi connectivity index (χ2n) is 6.91.